The first-order chi connectivity index (χ1) is 9.73. The molecule has 2 nitrogen and oxygen atoms in total. The summed E-state index contributed by atoms with van der Waals surface area (Å²) in [5.74, 6) is 3.35. The van der Waals surface area contributed by atoms with Gasteiger partial charge in [-0.2, -0.15) is 0 Å². The van der Waals surface area contributed by atoms with Gasteiger partial charge in [-0.25, -0.2) is 0 Å². The van der Waals surface area contributed by atoms with Crippen LogP contribution in [0.25, 0.3) is 0 Å². The van der Waals surface area contributed by atoms with Gasteiger partial charge in [-0.15, -0.1) is 0 Å². The van der Waals surface area contributed by atoms with Crippen LogP contribution in [0, 0.1) is 28.6 Å². The van der Waals surface area contributed by atoms with Crippen LogP contribution in [0.1, 0.15) is 51.4 Å². The van der Waals surface area contributed by atoms with Gasteiger partial charge >= 0.3 is 0 Å². The van der Waals surface area contributed by atoms with E-state index in [4.69, 9.17) is 0 Å². The van der Waals surface area contributed by atoms with Gasteiger partial charge in [0.1, 0.15) is 0 Å². The monoisotopic (exact) mass is 274 g/mol. The summed E-state index contributed by atoms with van der Waals surface area (Å²) < 4.78 is 0. The lowest BCUT2D eigenvalue weighted by molar-refractivity contribution is -0.0674. The highest BCUT2D eigenvalue weighted by atomic mass is 15.2. The summed E-state index contributed by atoms with van der Waals surface area (Å²) in [4.78, 5) is 2.88. The van der Waals surface area contributed by atoms with Crippen LogP contribution in [0.5, 0.6) is 0 Å². The zero-order valence-electron chi connectivity index (χ0n) is 12.9. The van der Waals surface area contributed by atoms with Crippen molar-refractivity contribution in [3.05, 3.63) is 0 Å². The lowest BCUT2D eigenvalue weighted by Gasteiger charge is -2.57. The van der Waals surface area contributed by atoms with Crippen molar-refractivity contribution in [1.82, 2.24) is 10.2 Å². The molecular formula is C18H30N2. The lowest BCUT2D eigenvalue weighted by atomic mass is 9.49. The molecule has 6 fully saturated rings. The molecule has 1 unspecified atom stereocenters. The summed E-state index contributed by atoms with van der Waals surface area (Å²) in [6, 6.07) is 0. The molecule has 0 amide bonds. The average molecular weight is 274 g/mol. The Morgan fingerprint density at radius 2 is 1.65 bits per heavy atom. The first kappa shape index (κ1) is 12.5. The summed E-state index contributed by atoms with van der Waals surface area (Å²) in [6.07, 6.45) is 12.4. The Bertz CT molecular complexity index is 361. The second-order valence-corrected chi connectivity index (χ2v) is 9.30. The van der Waals surface area contributed by atoms with Crippen molar-refractivity contribution in [2.45, 2.75) is 51.4 Å². The van der Waals surface area contributed by atoms with Crippen LogP contribution in [-0.2, 0) is 0 Å². The molecule has 4 aliphatic carbocycles. The van der Waals surface area contributed by atoms with Crippen LogP contribution in [-0.4, -0.2) is 37.6 Å². The van der Waals surface area contributed by atoms with Crippen LogP contribution >= 0.6 is 0 Å². The van der Waals surface area contributed by atoms with Crippen LogP contribution in [0.3, 0.4) is 0 Å². The van der Waals surface area contributed by atoms with E-state index in [1.54, 1.807) is 38.5 Å². The Morgan fingerprint density at radius 1 is 0.950 bits per heavy atom. The SMILES string of the molecule is C1CC2(CCN(CC34CC5CC(CC(C5)C3)C4)C2)CN1. The van der Waals surface area contributed by atoms with E-state index in [2.05, 4.69) is 10.2 Å². The highest BCUT2D eigenvalue weighted by molar-refractivity contribution is 5.04. The van der Waals surface area contributed by atoms with Gasteiger partial charge < -0.3 is 10.2 Å². The summed E-state index contributed by atoms with van der Waals surface area (Å²) in [5.41, 5.74) is 1.43. The summed E-state index contributed by atoms with van der Waals surface area (Å²) >= 11 is 0. The number of hydrogen-bond acceptors (Lipinski definition) is 2. The minimum Gasteiger partial charge on any atom is -0.316 e. The normalized spacial score (nSPS) is 54.3. The Balaban J connectivity index is 1.30. The molecule has 1 spiro atoms. The fourth-order valence-corrected chi connectivity index (χ4v) is 7.26. The van der Waals surface area contributed by atoms with Gasteiger partial charge in [-0.05, 0) is 93.0 Å². The predicted octanol–water partition coefficient (Wildman–Crippen LogP) is 2.89. The van der Waals surface area contributed by atoms with Crippen molar-refractivity contribution in [2.75, 3.05) is 32.7 Å². The molecule has 0 aromatic rings. The molecule has 2 heteroatoms. The fourth-order valence-electron chi connectivity index (χ4n) is 7.26. The van der Waals surface area contributed by atoms with Crippen LogP contribution in [0.4, 0.5) is 0 Å². The van der Waals surface area contributed by atoms with E-state index < -0.39 is 0 Å². The molecule has 4 saturated carbocycles. The molecule has 1 atom stereocenters. The molecule has 0 aromatic carbocycles. The minimum absolute atomic E-state index is 0.669. The Kier molecular flexibility index (Phi) is 2.63. The van der Waals surface area contributed by atoms with Gasteiger partial charge in [0, 0.05) is 19.6 Å². The van der Waals surface area contributed by atoms with Gasteiger partial charge in [0.05, 0.1) is 0 Å². The number of likely N-dealkylation sites (tertiary alicyclic amines) is 1. The standard InChI is InChI=1S/C18H30N2/c1-3-19-11-17(1)2-4-20(12-17)13-18-8-14-5-15(9-18)7-16(6-14)10-18/h14-16,19H,1-13H2. The highest BCUT2D eigenvalue weighted by Crippen LogP contribution is 2.60. The molecule has 6 rings (SSSR count). The Morgan fingerprint density at radius 3 is 2.25 bits per heavy atom. The molecule has 20 heavy (non-hydrogen) atoms. The van der Waals surface area contributed by atoms with E-state index in [0.29, 0.717) is 5.41 Å². The molecule has 1 N–H and O–H groups in total. The predicted molar refractivity (Wildman–Crippen MR) is 81.6 cm³/mol. The molecule has 112 valence electrons. The lowest BCUT2D eigenvalue weighted by Crippen LogP contribution is -2.51. The molecule has 2 heterocycles. The molecule has 6 aliphatic rings. The largest absolute Gasteiger partial charge is 0.316 e. The summed E-state index contributed by atoms with van der Waals surface area (Å²) in [5, 5.41) is 3.61. The third-order valence-corrected chi connectivity index (χ3v) is 7.57. The third-order valence-electron chi connectivity index (χ3n) is 7.57. The molecule has 0 aromatic heterocycles. The van der Waals surface area contributed by atoms with Crippen molar-refractivity contribution in [1.29, 1.82) is 0 Å². The molecule has 2 saturated heterocycles. The maximum Gasteiger partial charge on any atom is 0.00513 e. The van der Waals surface area contributed by atoms with E-state index in [0.717, 1.165) is 23.2 Å². The minimum atomic E-state index is 0.669. The van der Waals surface area contributed by atoms with Gasteiger partial charge in [0.25, 0.3) is 0 Å². The van der Waals surface area contributed by atoms with Crippen molar-refractivity contribution < 1.29 is 0 Å². The third kappa shape index (κ3) is 1.90. The first-order valence-electron chi connectivity index (χ1n) is 9.16. The Hall–Kier alpha value is -0.0800. The van der Waals surface area contributed by atoms with Crippen molar-refractivity contribution in [3.8, 4) is 0 Å². The average Bonchev–Trinajstić information content (AvgIpc) is 2.98. The zero-order valence-corrected chi connectivity index (χ0v) is 12.9. The fraction of sp³-hybridized carbons (Fsp3) is 1.00. The second-order valence-electron chi connectivity index (χ2n) is 9.30. The molecule has 4 bridgehead atoms. The van der Waals surface area contributed by atoms with Crippen molar-refractivity contribution >= 4 is 0 Å². The highest BCUT2D eigenvalue weighted by Gasteiger charge is 2.52. The van der Waals surface area contributed by atoms with Crippen molar-refractivity contribution in [2.24, 2.45) is 28.6 Å². The maximum atomic E-state index is 3.61. The smallest absolute Gasteiger partial charge is 0.00513 e. The number of nitrogens with zero attached hydrogens (tertiary/aromatic N) is 1. The van der Waals surface area contributed by atoms with E-state index >= 15 is 0 Å². The van der Waals surface area contributed by atoms with Gasteiger partial charge in [-0.3, -0.25) is 0 Å². The quantitative estimate of drug-likeness (QED) is 0.833. The molecule has 2 aliphatic heterocycles. The number of rotatable bonds is 2. The maximum absolute atomic E-state index is 3.61. The molecule has 0 radical (unpaired) electrons. The van der Waals surface area contributed by atoms with Gasteiger partial charge in [-0.1, -0.05) is 0 Å². The number of hydrogen-bond donors (Lipinski definition) is 1. The zero-order chi connectivity index (χ0) is 13.2. The van der Waals surface area contributed by atoms with Gasteiger partial charge in [0.2, 0.25) is 0 Å². The summed E-state index contributed by atoms with van der Waals surface area (Å²) in [7, 11) is 0. The van der Waals surface area contributed by atoms with E-state index in [9.17, 15) is 0 Å². The van der Waals surface area contributed by atoms with E-state index in [1.807, 2.05) is 0 Å². The van der Waals surface area contributed by atoms with Crippen LogP contribution in [0.2, 0.25) is 0 Å². The topological polar surface area (TPSA) is 15.3 Å². The second kappa shape index (κ2) is 4.23. The Labute approximate surface area is 123 Å². The van der Waals surface area contributed by atoms with Crippen LogP contribution < -0.4 is 5.32 Å². The molecular weight excluding hydrogens is 244 g/mol. The first-order valence-corrected chi connectivity index (χ1v) is 9.16. The van der Waals surface area contributed by atoms with E-state index in [1.165, 1.54) is 45.6 Å². The van der Waals surface area contributed by atoms with Crippen LogP contribution in [0.15, 0.2) is 0 Å². The summed E-state index contributed by atoms with van der Waals surface area (Å²) in [6.45, 7) is 6.82. The number of nitrogens with one attached hydrogen (secondary N) is 1. The van der Waals surface area contributed by atoms with E-state index in [-0.39, 0.29) is 0 Å². The van der Waals surface area contributed by atoms with Gasteiger partial charge in [0.15, 0.2) is 0 Å². The van der Waals surface area contributed by atoms with Crippen molar-refractivity contribution in [3.63, 3.8) is 0 Å².